The van der Waals surface area contributed by atoms with Crippen LogP contribution in [0, 0.1) is 0 Å². The van der Waals surface area contributed by atoms with Crippen LogP contribution in [-0.4, -0.2) is 38.2 Å². The van der Waals surface area contributed by atoms with Gasteiger partial charge in [0, 0.05) is 42.9 Å². The second-order valence-electron chi connectivity index (χ2n) is 5.55. The maximum absolute atomic E-state index is 6.06. The number of nitrogens with zero attached hydrogens (tertiary/aromatic N) is 2. The largest absolute Gasteiger partial charge is 0.369 e. The fraction of sp³-hybridized carbons (Fsp3) is 0.533. The molecule has 0 bridgehead atoms. The number of benzene rings is 1. The molecule has 3 rings (SSSR count). The molecule has 108 valence electrons. The van der Waals surface area contributed by atoms with Crippen molar-refractivity contribution in [2.24, 2.45) is 4.99 Å². The van der Waals surface area contributed by atoms with Crippen molar-refractivity contribution in [1.29, 1.82) is 0 Å². The molecule has 1 heterocycles. The van der Waals surface area contributed by atoms with E-state index < -0.39 is 0 Å². The zero-order valence-corrected chi connectivity index (χ0v) is 12.5. The summed E-state index contributed by atoms with van der Waals surface area (Å²) in [5.41, 5.74) is 1.20. The van der Waals surface area contributed by atoms with E-state index in [9.17, 15) is 0 Å². The van der Waals surface area contributed by atoms with Gasteiger partial charge in [-0.25, -0.2) is 0 Å². The molecule has 0 radical (unpaired) electrons. The number of aliphatic imine (C=N–C) groups is 1. The molecule has 0 aromatic heterocycles. The topological polar surface area (TPSA) is 39.7 Å². The van der Waals surface area contributed by atoms with Crippen molar-refractivity contribution in [1.82, 2.24) is 10.6 Å². The highest BCUT2D eigenvalue weighted by atomic mass is 35.5. The lowest BCUT2D eigenvalue weighted by atomic mass is 10.3. The molecule has 20 heavy (non-hydrogen) atoms. The van der Waals surface area contributed by atoms with Gasteiger partial charge in [0.1, 0.15) is 0 Å². The highest BCUT2D eigenvalue weighted by molar-refractivity contribution is 6.30. The summed E-state index contributed by atoms with van der Waals surface area (Å²) in [6.45, 7) is 2.05. The van der Waals surface area contributed by atoms with Gasteiger partial charge in [0.25, 0.3) is 0 Å². The molecular formula is C15H21ClN4. The van der Waals surface area contributed by atoms with E-state index in [1.807, 2.05) is 25.2 Å². The number of hydrogen-bond acceptors (Lipinski definition) is 2. The van der Waals surface area contributed by atoms with Gasteiger partial charge in [0.2, 0.25) is 0 Å². The van der Waals surface area contributed by atoms with Gasteiger partial charge in [-0.2, -0.15) is 0 Å². The molecular weight excluding hydrogens is 272 g/mol. The van der Waals surface area contributed by atoms with Crippen LogP contribution in [0.3, 0.4) is 0 Å². The first kappa shape index (κ1) is 13.6. The lowest BCUT2D eigenvalue weighted by molar-refractivity contribution is 0.648. The molecule has 1 unspecified atom stereocenters. The van der Waals surface area contributed by atoms with Gasteiger partial charge < -0.3 is 15.5 Å². The van der Waals surface area contributed by atoms with Gasteiger partial charge in [-0.05, 0) is 37.5 Å². The highest BCUT2D eigenvalue weighted by Crippen LogP contribution is 2.23. The summed E-state index contributed by atoms with van der Waals surface area (Å²) < 4.78 is 0. The molecule has 0 spiro atoms. The van der Waals surface area contributed by atoms with Crippen LogP contribution < -0.4 is 15.5 Å². The minimum Gasteiger partial charge on any atom is -0.369 e. The Bertz CT molecular complexity index is 498. The molecule has 1 saturated heterocycles. The van der Waals surface area contributed by atoms with E-state index in [0.29, 0.717) is 12.1 Å². The fourth-order valence-electron chi connectivity index (χ4n) is 2.57. The second kappa shape index (κ2) is 5.92. The van der Waals surface area contributed by atoms with Gasteiger partial charge in [0.15, 0.2) is 5.96 Å². The Kier molecular flexibility index (Phi) is 4.01. The molecule has 1 aliphatic heterocycles. The van der Waals surface area contributed by atoms with E-state index in [-0.39, 0.29) is 0 Å². The van der Waals surface area contributed by atoms with Crippen molar-refractivity contribution in [3.63, 3.8) is 0 Å². The third-order valence-electron chi connectivity index (χ3n) is 3.84. The molecule has 1 atom stereocenters. The first-order valence-electron chi connectivity index (χ1n) is 7.25. The van der Waals surface area contributed by atoms with Crippen molar-refractivity contribution < 1.29 is 0 Å². The third kappa shape index (κ3) is 3.37. The average molecular weight is 293 g/mol. The second-order valence-corrected chi connectivity index (χ2v) is 5.98. The lowest BCUT2D eigenvalue weighted by Crippen LogP contribution is -2.45. The van der Waals surface area contributed by atoms with Gasteiger partial charge in [-0.15, -0.1) is 0 Å². The van der Waals surface area contributed by atoms with Crippen LogP contribution in [-0.2, 0) is 0 Å². The zero-order chi connectivity index (χ0) is 13.9. The Morgan fingerprint density at radius 3 is 2.75 bits per heavy atom. The van der Waals surface area contributed by atoms with E-state index in [4.69, 9.17) is 11.6 Å². The highest BCUT2D eigenvalue weighted by Gasteiger charge is 2.26. The molecule has 1 aliphatic carbocycles. The summed E-state index contributed by atoms with van der Waals surface area (Å²) in [5, 5.41) is 7.74. The van der Waals surface area contributed by atoms with E-state index in [0.717, 1.165) is 30.5 Å². The number of guanidine groups is 1. The van der Waals surface area contributed by atoms with Crippen LogP contribution in [0.15, 0.2) is 29.3 Å². The van der Waals surface area contributed by atoms with Crippen molar-refractivity contribution in [2.45, 2.75) is 31.3 Å². The number of halogens is 1. The summed E-state index contributed by atoms with van der Waals surface area (Å²) in [4.78, 5) is 6.67. The molecule has 0 amide bonds. The Balaban J connectivity index is 1.56. The number of hydrogen-bond donors (Lipinski definition) is 2. The molecule has 2 fully saturated rings. The van der Waals surface area contributed by atoms with Gasteiger partial charge in [-0.1, -0.05) is 17.7 Å². The number of nitrogens with one attached hydrogen (secondary N) is 2. The summed E-state index contributed by atoms with van der Waals surface area (Å²) in [6, 6.07) is 9.14. The molecule has 2 N–H and O–H groups in total. The number of rotatable bonds is 3. The zero-order valence-electron chi connectivity index (χ0n) is 11.8. The normalized spacial score (nSPS) is 23.0. The summed E-state index contributed by atoms with van der Waals surface area (Å²) >= 11 is 6.06. The SMILES string of the molecule is CN=C(NC1CC1)NC1CCN(c2cccc(Cl)c2)C1. The Labute approximate surface area is 125 Å². The average Bonchev–Trinajstić information content (AvgIpc) is 3.14. The smallest absolute Gasteiger partial charge is 0.191 e. The van der Waals surface area contributed by atoms with E-state index in [1.165, 1.54) is 18.5 Å². The van der Waals surface area contributed by atoms with Crippen molar-refractivity contribution in [3.05, 3.63) is 29.3 Å². The van der Waals surface area contributed by atoms with Crippen molar-refractivity contribution in [2.75, 3.05) is 25.0 Å². The molecule has 1 saturated carbocycles. The Morgan fingerprint density at radius 2 is 2.05 bits per heavy atom. The molecule has 5 heteroatoms. The van der Waals surface area contributed by atoms with Gasteiger partial charge >= 0.3 is 0 Å². The van der Waals surface area contributed by atoms with E-state index in [1.54, 1.807) is 0 Å². The standard InChI is InChI=1S/C15H21ClN4/c1-17-15(18-12-5-6-12)19-13-7-8-20(10-13)14-4-2-3-11(16)9-14/h2-4,9,12-13H,5-8,10H2,1H3,(H2,17,18,19). The van der Waals surface area contributed by atoms with Crippen LogP contribution >= 0.6 is 11.6 Å². The Hall–Kier alpha value is -1.42. The van der Waals surface area contributed by atoms with Crippen LogP contribution in [0.4, 0.5) is 5.69 Å². The molecule has 2 aliphatic rings. The summed E-state index contributed by atoms with van der Waals surface area (Å²) in [6.07, 6.45) is 3.65. The van der Waals surface area contributed by atoms with Crippen LogP contribution in [0.1, 0.15) is 19.3 Å². The first-order chi connectivity index (χ1) is 9.74. The van der Waals surface area contributed by atoms with Crippen molar-refractivity contribution in [3.8, 4) is 0 Å². The maximum Gasteiger partial charge on any atom is 0.191 e. The summed E-state index contributed by atoms with van der Waals surface area (Å²) in [7, 11) is 1.83. The monoisotopic (exact) mass is 292 g/mol. The van der Waals surface area contributed by atoms with Crippen LogP contribution in [0.25, 0.3) is 0 Å². The van der Waals surface area contributed by atoms with Crippen LogP contribution in [0.2, 0.25) is 5.02 Å². The predicted molar refractivity (Wildman–Crippen MR) is 84.7 cm³/mol. The predicted octanol–water partition coefficient (Wildman–Crippen LogP) is 2.25. The van der Waals surface area contributed by atoms with Crippen LogP contribution in [0.5, 0.6) is 0 Å². The molecule has 1 aromatic carbocycles. The quantitative estimate of drug-likeness (QED) is 0.663. The molecule has 4 nitrogen and oxygen atoms in total. The fourth-order valence-corrected chi connectivity index (χ4v) is 2.76. The van der Waals surface area contributed by atoms with Crippen molar-refractivity contribution >= 4 is 23.2 Å². The van der Waals surface area contributed by atoms with Gasteiger partial charge in [0.05, 0.1) is 0 Å². The maximum atomic E-state index is 6.06. The van der Waals surface area contributed by atoms with E-state index in [2.05, 4.69) is 26.6 Å². The Morgan fingerprint density at radius 1 is 1.25 bits per heavy atom. The minimum atomic E-state index is 0.443. The van der Waals surface area contributed by atoms with E-state index >= 15 is 0 Å². The minimum absolute atomic E-state index is 0.443. The third-order valence-corrected chi connectivity index (χ3v) is 4.08. The molecule has 1 aromatic rings. The number of anilines is 1. The lowest BCUT2D eigenvalue weighted by Gasteiger charge is -2.20. The first-order valence-corrected chi connectivity index (χ1v) is 7.63. The summed E-state index contributed by atoms with van der Waals surface area (Å²) in [5.74, 6) is 0.936. The van der Waals surface area contributed by atoms with Gasteiger partial charge in [-0.3, -0.25) is 4.99 Å².